The quantitative estimate of drug-likeness (QED) is 0.632. The number of aromatic nitrogens is 1. The molecule has 1 aromatic carbocycles. The van der Waals surface area contributed by atoms with Gasteiger partial charge in [-0.2, -0.15) is 0 Å². The molecule has 24 heavy (non-hydrogen) atoms. The molecule has 0 fully saturated rings. The van der Waals surface area contributed by atoms with Crippen molar-refractivity contribution in [2.45, 2.75) is 17.9 Å². The third-order valence-electron chi connectivity index (χ3n) is 3.80. The Hall–Kier alpha value is -2.52. The van der Waals surface area contributed by atoms with E-state index in [1.807, 2.05) is 19.1 Å². The average molecular weight is 350 g/mol. The van der Waals surface area contributed by atoms with Crippen LogP contribution in [0, 0.1) is 10.1 Å². The standard InChI is InChI=1S/C15H18N4O4S/c1-11(13-6-4-5-9-17-13)18(3)14-8-7-12(24(22,23)16-2)10-15(14)19(20)21/h4-11,16H,1-3H3. The Balaban J connectivity index is 2.48. The first-order valence-corrected chi connectivity index (χ1v) is 8.62. The molecular weight excluding hydrogens is 332 g/mol. The lowest BCUT2D eigenvalue weighted by molar-refractivity contribution is -0.384. The first kappa shape index (κ1) is 17.8. The molecule has 1 atom stereocenters. The summed E-state index contributed by atoms with van der Waals surface area (Å²) in [7, 11) is -0.798. The molecule has 0 radical (unpaired) electrons. The lowest BCUT2D eigenvalue weighted by Gasteiger charge is -2.26. The Morgan fingerprint density at radius 3 is 2.54 bits per heavy atom. The Morgan fingerprint density at radius 2 is 2.00 bits per heavy atom. The number of hydrogen-bond acceptors (Lipinski definition) is 6. The van der Waals surface area contributed by atoms with Crippen molar-refractivity contribution >= 4 is 21.4 Å². The summed E-state index contributed by atoms with van der Waals surface area (Å²) in [6.45, 7) is 1.87. The summed E-state index contributed by atoms with van der Waals surface area (Å²) >= 11 is 0. The number of hydrogen-bond donors (Lipinski definition) is 1. The second-order valence-electron chi connectivity index (χ2n) is 5.16. The normalized spacial score (nSPS) is 12.6. The maximum absolute atomic E-state index is 11.9. The van der Waals surface area contributed by atoms with Crippen molar-refractivity contribution in [1.29, 1.82) is 0 Å². The van der Waals surface area contributed by atoms with Gasteiger partial charge in [0, 0.05) is 19.3 Å². The minimum Gasteiger partial charge on any atom is -0.361 e. The van der Waals surface area contributed by atoms with E-state index in [1.54, 1.807) is 24.2 Å². The SMILES string of the molecule is CNS(=O)(=O)c1ccc(N(C)C(C)c2ccccn2)c([N+](=O)[O-])c1. The van der Waals surface area contributed by atoms with Crippen LogP contribution < -0.4 is 9.62 Å². The van der Waals surface area contributed by atoms with Crippen molar-refractivity contribution in [2.75, 3.05) is 19.0 Å². The highest BCUT2D eigenvalue weighted by Gasteiger charge is 2.25. The average Bonchev–Trinajstić information content (AvgIpc) is 2.60. The fourth-order valence-corrected chi connectivity index (χ4v) is 3.01. The summed E-state index contributed by atoms with van der Waals surface area (Å²) in [4.78, 5) is 16.6. The fraction of sp³-hybridized carbons (Fsp3) is 0.267. The van der Waals surface area contributed by atoms with Crippen LogP contribution in [0.2, 0.25) is 0 Å². The fourth-order valence-electron chi connectivity index (χ4n) is 2.26. The summed E-state index contributed by atoms with van der Waals surface area (Å²) < 4.78 is 25.9. The van der Waals surface area contributed by atoms with Crippen molar-refractivity contribution in [3.63, 3.8) is 0 Å². The van der Waals surface area contributed by atoms with Gasteiger partial charge in [0.05, 0.1) is 21.6 Å². The Kier molecular flexibility index (Phi) is 5.15. The lowest BCUT2D eigenvalue weighted by atomic mass is 10.1. The van der Waals surface area contributed by atoms with Crippen LogP contribution in [0.3, 0.4) is 0 Å². The molecule has 0 saturated heterocycles. The van der Waals surface area contributed by atoms with E-state index in [0.29, 0.717) is 5.69 Å². The smallest absolute Gasteiger partial charge is 0.293 e. The predicted octanol–water partition coefficient (Wildman–Crippen LogP) is 2.10. The largest absolute Gasteiger partial charge is 0.361 e. The topological polar surface area (TPSA) is 105 Å². The van der Waals surface area contributed by atoms with Gasteiger partial charge in [0.2, 0.25) is 10.0 Å². The third kappa shape index (κ3) is 3.52. The van der Waals surface area contributed by atoms with Crippen LogP contribution in [0.4, 0.5) is 11.4 Å². The summed E-state index contributed by atoms with van der Waals surface area (Å²) in [5, 5.41) is 11.4. The second-order valence-corrected chi connectivity index (χ2v) is 7.04. The van der Waals surface area contributed by atoms with Crippen LogP contribution in [0.1, 0.15) is 18.7 Å². The first-order valence-electron chi connectivity index (χ1n) is 7.13. The summed E-state index contributed by atoms with van der Waals surface area (Å²) in [5.74, 6) is 0. The van der Waals surface area contributed by atoms with Crippen LogP contribution in [0.5, 0.6) is 0 Å². The number of sulfonamides is 1. The Bertz CT molecular complexity index is 840. The molecular formula is C15H18N4O4S. The summed E-state index contributed by atoms with van der Waals surface area (Å²) in [6.07, 6.45) is 1.65. The van der Waals surface area contributed by atoms with E-state index in [0.717, 1.165) is 11.8 Å². The van der Waals surface area contributed by atoms with Gasteiger partial charge >= 0.3 is 0 Å². The molecule has 1 N–H and O–H groups in total. The zero-order valence-electron chi connectivity index (χ0n) is 13.5. The molecule has 1 heterocycles. The molecule has 0 spiro atoms. The van der Waals surface area contributed by atoms with Crippen LogP contribution in [0.25, 0.3) is 0 Å². The van der Waals surface area contributed by atoms with Gasteiger partial charge in [0.25, 0.3) is 5.69 Å². The van der Waals surface area contributed by atoms with E-state index in [4.69, 9.17) is 0 Å². The number of nitrogens with zero attached hydrogens (tertiary/aromatic N) is 3. The van der Waals surface area contributed by atoms with E-state index in [9.17, 15) is 18.5 Å². The molecule has 128 valence electrons. The number of nitro groups is 1. The zero-order chi connectivity index (χ0) is 17.9. The van der Waals surface area contributed by atoms with E-state index in [2.05, 4.69) is 9.71 Å². The van der Waals surface area contributed by atoms with Crippen molar-refractivity contribution in [3.8, 4) is 0 Å². The van der Waals surface area contributed by atoms with E-state index in [1.165, 1.54) is 19.2 Å². The van der Waals surface area contributed by atoms with Gasteiger partial charge in [-0.25, -0.2) is 13.1 Å². The van der Waals surface area contributed by atoms with Gasteiger partial charge in [-0.1, -0.05) is 6.07 Å². The third-order valence-corrected chi connectivity index (χ3v) is 5.21. The maximum Gasteiger partial charge on any atom is 0.293 e. The molecule has 0 aliphatic heterocycles. The number of anilines is 1. The molecule has 0 bridgehead atoms. The first-order chi connectivity index (χ1) is 11.3. The van der Waals surface area contributed by atoms with Crippen LogP contribution in [-0.2, 0) is 10.0 Å². The van der Waals surface area contributed by atoms with Crippen LogP contribution >= 0.6 is 0 Å². The molecule has 0 aliphatic rings. The molecule has 0 aliphatic carbocycles. The van der Waals surface area contributed by atoms with Gasteiger partial charge in [0.1, 0.15) is 5.69 Å². The van der Waals surface area contributed by atoms with Gasteiger partial charge in [-0.15, -0.1) is 0 Å². The number of nitro benzene ring substituents is 1. The molecule has 1 aromatic heterocycles. The molecule has 0 saturated carbocycles. The van der Waals surface area contributed by atoms with E-state index < -0.39 is 14.9 Å². The van der Waals surface area contributed by atoms with Crippen molar-refractivity contribution in [3.05, 3.63) is 58.4 Å². The summed E-state index contributed by atoms with van der Waals surface area (Å²) in [5.41, 5.74) is 0.783. The Morgan fingerprint density at radius 1 is 1.29 bits per heavy atom. The monoisotopic (exact) mass is 350 g/mol. The van der Waals surface area contributed by atoms with Crippen LogP contribution in [-0.4, -0.2) is 32.4 Å². The Labute approximate surface area is 140 Å². The van der Waals surface area contributed by atoms with Crippen molar-refractivity contribution in [2.24, 2.45) is 0 Å². The van der Waals surface area contributed by atoms with Gasteiger partial charge in [-0.05, 0) is 38.2 Å². The van der Waals surface area contributed by atoms with E-state index >= 15 is 0 Å². The molecule has 2 aromatic rings. The van der Waals surface area contributed by atoms with Gasteiger partial charge < -0.3 is 4.90 Å². The molecule has 2 rings (SSSR count). The highest BCUT2D eigenvalue weighted by atomic mass is 32.2. The highest BCUT2D eigenvalue weighted by molar-refractivity contribution is 7.89. The van der Waals surface area contributed by atoms with E-state index in [-0.39, 0.29) is 16.6 Å². The predicted molar refractivity (Wildman–Crippen MR) is 90.4 cm³/mol. The number of nitrogens with one attached hydrogen (secondary N) is 1. The second kappa shape index (κ2) is 6.93. The number of benzene rings is 1. The molecule has 0 amide bonds. The minimum atomic E-state index is -3.75. The van der Waals surface area contributed by atoms with Gasteiger partial charge in [0.15, 0.2) is 0 Å². The van der Waals surface area contributed by atoms with Crippen molar-refractivity contribution < 1.29 is 13.3 Å². The number of pyridine rings is 1. The zero-order valence-corrected chi connectivity index (χ0v) is 14.3. The van der Waals surface area contributed by atoms with Gasteiger partial charge in [-0.3, -0.25) is 15.1 Å². The maximum atomic E-state index is 11.9. The highest BCUT2D eigenvalue weighted by Crippen LogP contribution is 2.34. The molecule has 8 nitrogen and oxygen atoms in total. The molecule has 1 unspecified atom stereocenters. The number of rotatable bonds is 6. The molecule has 9 heteroatoms. The van der Waals surface area contributed by atoms with Crippen LogP contribution in [0.15, 0.2) is 47.5 Å². The lowest BCUT2D eigenvalue weighted by Crippen LogP contribution is -2.24. The van der Waals surface area contributed by atoms with Crippen molar-refractivity contribution in [1.82, 2.24) is 9.71 Å². The minimum absolute atomic E-state index is 0.153. The summed E-state index contributed by atoms with van der Waals surface area (Å²) in [6, 6.07) is 9.06.